The van der Waals surface area contributed by atoms with Crippen molar-refractivity contribution >= 4 is 20.0 Å². The number of hydrogen-bond donors (Lipinski definition) is 3. The van der Waals surface area contributed by atoms with Crippen LogP contribution in [0.2, 0.25) is 0 Å². The standard InChI is InChI=1S/C33H32F3N4O8P/c1-45-25-14-12-24(13-15-25)32(22-8-4-2-5-9-22,23-10-6-3-7-11-23)46-21-27-26(48-49(43)44)20-29(47-27)40-19-16-28(39-31(40)42)37-17-18-38-30(41)33(34,35)36/h2-16,19,26-27,29H,17-18,20-21H2,1H3,(H2-,37,38,39,41,42,43,44)/p+1/t26-,27+,29+/m0/s1. The third-order valence-electron chi connectivity index (χ3n) is 7.84. The van der Waals surface area contributed by atoms with Crippen molar-refractivity contribution < 1.29 is 46.2 Å². The SMILES string of the molecule is COc1ccc(C(OC[C@H]2O[C@@H](n3ccc(NCCNC(=O)C(F)(F)F)nc3=O)C[C@@H]2O[P+](=O)O)(c2ccccc2)c2ccccc2)cc1. The largest absolute Gasteiger partial charge is 0.695 e. The van der Waals surface area contributed by atoms with Gasteiger partial charge in [-0.3, -0.25) is 9.36 Å². The first-order chi connectivity index (χ1) is 23.5. The van der Waals surface area contributed by atoms with Gasteiger partial charge in [-0.15, -0.1) is 9.42 Å². The molecule has 0 aliphatic carbocycles. The van der Waals surface area contributed by atoms with Crippen molar-refractivity contribution in [3.8, 4) is 5.75 Å². The Balaban J connectivity index is 1.39. The first-order valence-corrected chi connectivity index (χ1v) is 16.2. The molecular weight excluding hydrogens is 668 g/mol. The lowest BCUT2D eigenvalue weighted by molar-refractivity contribution is -0.173. The number of anilines is 1. The van der Waals surface area contributed by atoms with E-state index in [1.807, 2.05) is 84.9 Å². The van der Waals surface area contributed by atoms with E-state index in [1.54, 1.807) is 12.4 Å². The molecule has 16 heteroatoms. The summed E-state index contributed by atoms with van der Waals surface area (Å²) in [5.74, 6) is -1.37. The molecule has 12 nitrogen and oxygen atoms in total. The Morgan fingerprint density at radius 2 is 1.59 bits per heavy atom. The molecule has 1 aliphatic rings. The molecule has 1 aromatic heterocycles. The fourth-order valence-corrected chi connectivity index (χ4v) is 6.03. The Kier molecular flexibility index (Phi) is 11.4. The van der Waals surface area contributed by atoms with Gasteiger partial charge in [-0.05, 0) is 34.9 Å². The summed E-state index contributed by atoms with van der Waals surface area (Å²) in [6, 6.07) is 27.9. The third kappa shape index (κ3) is 8.50. The van der Waals surface area contributed by atoms with Gasteiger partial charge < -0.3 is 24.8 Å². The molecule has 3 aromatic carbocycles. The van der Waals surface area contributed by atoms with E-state index < -0.39 is 50.1 Å². The molecule has 49 heavy (non-hydrogen) atoms. The zero-order valence-electron chi connectivity index (χ0n) is 26.1. The molecule has 5 rings (SSSR count). The molecule has 4 aromatic rings. The Labute approximate surface area is 279 Å². The second kappa shape index (κ2) is 15.7. The van der Waals surface area contributed by atoms with Gasteiger partial charge in [0.05, 0.1) is 13.7 Å². The summed E-state index contributed by atoms with van der Waals surface area (Å²) >= 11 is 0. The van der Waals surface area contributed by atoms with Gasteiger partial charge in [0, 0.05) is 30.3 Å². The van der Waals surface area contributed by atoms with Crippen LogP contribution in [0.1, 0.15) is 29.3 Å². The van der Waals surface area contributed by atoms with Crippen LogP contribution in [0.15, 0.2) is 102 Å². The normalized spacial score (nSPS) is 18.1. The van der Waals surface area contributed by atoms with Gasteiger partial charge in [0.25, 0.3) is 0 Å². The summed E-state index contributed by atoms with van der Waals surface area (Å²) in [4.78, 5) is 37.5. The van der Waals surface area contributed by atoms with Crippen LogP contribution in [-0.2, 0) is 29.0 Å². The van der Waals surface area contributed by atoms with Crippen molar-refractivity contribution in [3.05, 3.63) is 124 Å². The zero-order valence-corrected chi connectivity index (χ0v) is 27.0. The van der Waals surface area contributed by atoms with E-state index in [2.05, 4.69) is 10.3 Å². The number of benzene rings is 3. The van der Waals surface area contributed by atoms with Crippen molar-refractivity contribution in [1.29, 1.82) is 0 Å². The maximum atomic E-state index is 13.0. The minimum atomic E-state index is -5.01. The maximum absolute atomic E-state index is 13.0. The van der Waals surface area contributed by atoms with Crippen LogP contribution in [0.25, 0.3) is 0 Å². The van der Waals surface area contributed by atoms with Crippen LogP contribution in [-0.4, -0.2) is 65.5 Å². The quantitative estimate of drug-likeness (QED) is 0.0962. The van der Waals surface area contributed by atoms with Gasteiger partial charge >= 0.3 is 26.0 Å². The Morgan fingerprint density at radius 3 is 2.14 bits per heavy atom. The predicted molar refractivity (Wildman–Crippen MR) is 171 cm³/mol. The molecule has 1 fully saturated rings. The lowest BCUT2D eigenvalue weighted by atomic mass is 9.80. The number of methoxy groups -OCH3 is 1. The van der Waals surface area contributed by atoms with E-state index in [1.165, 1.54) is 16.8 Å². The summed E-state index contributed by atoms with van der Waals surface area (Å²) in [6.07, 6.45) is -6.47. The van der Waals surface area contributed by atoms with Crippen molar-refractivity contribution in [2.45, 2.75) is 36.6 Å². The van der Waals surface area contributed by atoms with Gasteiger partial charge in [-0.2, -0.15) is 18.2 Å². The number of alkyl halides is 3. The van der Waals surface area contributed by atoms with Crippen LogP contribution in [0.3, 0.4) is 0 Å². The highest BCUT2D eigenvalue weighted by Gasteiger charge is 2.46. The van der Waals surface area contributed by atoms with Crippen LogP contribution < -0.4 is 21.1 Å². The van der Waals surface area contributed by atoms with Gasteiger partial charge in [-0.25, -0.2) is 4.79 Å². The molecule has 0 bridgehead atoms. The van der Waals surface area contributed by atoms with Gasteiger partial charge in [0.2, 0.25) is 0 Å². The smallest absolute Gasteiger partial charge is 0.497 e. The number of hydrogen-bond acceptors (Lipinski definition) is 9. The number of aromatic nitrogens is 2. The molecule has 0 saturated carbocycles. The summed E-state index contributed by atoms with van der Waals surface area (Å²) in [6.45, 7) is -0.625. The van der Waals surface area contributed by atoms with Crippen molar-refractivity contribution in [2.24, 2.45) is 0 Å². The first kappa shape index (κ1) is 35.6. The summed E-state index contributed by atoms with van der Waals surface area (Å²) in [5.41, 5.74) is 0.436. The van der Waals surface area contributed by atoms with Crippen molar-refractivity contribution in [1.82, 2.24) is 14.9 Å². The predicted octanol–water partition coefficient (Wildman–Crippen LogP) is 4.67. The minimum Gasteiger partial charge on any atom is -0.497 e. The Bertz CT molecular complexity index is 1740. The molecule has 1 aliphatic heterocycles. The lowest BCUT2D eigenvalue weighted by Gasteiger charge is -2.37. The molecule has 3 N–H and O–H groups in total. The van der Waals surface area contributed by atoms with Crippen LogP contribution in [0.4, 0.5) is 19.0 Å². The molecule has 0 radical (unpaired) electrons. The number of rotatable bonds is 14. The van der Waals surface area contributed by atoms with E-state index in [0.717, 1.165) is 16.7 Å². The zero-order chi connectivity index (χ0) is 35.0. The van der Waals surface area contributed by atoms with E-state index in [0.29, 0.717) is 5.75 Å². The molecule has 1 unspecified atom stereocenters. The fourth-order valence-electron chi connectivity index (χ4n) is 5.57. The fraction of sp³-hybridized carbons (Fsp3) is 0.303. The summed E-state index contributed by atoms with van der Waals surface area (Å²) in [5, 5.41) is 4.39. The maximum Gasteiger partial charge on any atom is 0.695 e. The molecular formula is C33H33F3N4O8P+. The van der Waals surface area contributed by atoms with Crippen LogP contribution >= 0.6 is 8.25 Å². The highest BCUT2D eigenvalue weighted by atomic mass is 31.1. The van der Waals surface area contributed by atoms with Gasteiger partial charge in [0.1, 0.15) is 35.6 Å². The number of carbonyl (C=O) groups excluding carboxylic acids is 1. The first-order valence-electron chi connectivity index (χ1n) is 15.1. The number of nitrogens with one attached hydrogen (secondary N) is 2. The number of carbonyl (C=O) groups is 1. The van der Waals surface area contributed by atoms with Crippen molar-refractivity contribution in [2.75, 3.05) is 32.1 Å². The molecule has 1 saturated heterocycles. The van der Waals surface area contributed by atoms with Crippen LogP contribution in [0.5, 0.6) is 5.75 Å². The topological polar surface area (TPSA) is 150 Å². The number of halogens is 3. The average molecular weight is 702 g/mol. The second-order valence-corrected chi connectivity index (χ2v) is 11.6. The minimum absolute atomic E-state index is 0.000292. The summed E-state index contributed by atoms with van der Waals surface area (Å²) in [7, 11) is -1.48. The molecule has 0 spiro atoms. The lowest BCUT2D eigenvalue weighted by Crippen LogP contribution is -2.39. The number of ether oxygens (including phenoxy) is 3. The summed E-state index contributed by atoms with van der Waals surface area (Å²) < 4.78 is 74.0. The van der Waals surface area contributed by atoms with E-state index in [4.69, 9.17) is 18.7 Å². The molecule has 258 valence electrons. The van der Waals surface area contributed by atoms with E-state index in [9.17, 15) is 32.2 Å². The van der Waals surface area contributed by atoms with Gasteiger partial charge in [0.15, 0.2) is 0 Å². The number of nitrogens with zero attached hydrogens (tertiary/aromatic N) is 2. The second-order valence-electron chi connectivity index (χ2n) is 10.9. The van der Waals surface area contributed by atoms with Crippen LogP contribution in [0, 0.1) is 0 Å². The highest BCUT2D eigenvalue weighted by molar-refractivity contribution is 7.32. The molecule has 1 amide bonds. The molecule has 2 heterocycles. The third-order valence-corrected chi connectivity index (χ3v) is 8.29. The van der Waals surface area contributed by atoms with E-state index in [-0.39, 0.29) is 31.9 Å². The van der Waals surface area contributed by atoms with E-state index >= 15 is 0 Å². The Morgan fingerprint density at radius 1 is 0.980 bits per heavy atom. The van der Waals surface area contributed by atoms with Crippen molar-refractivity contribution in [3.63, 3.8) is 0 Å². The highest BCUT2D eigenvalue weighted by Crippen LogP contribution is 2.43. The average Bonchev–Trinajstić information content (AvgIpc) is 3.49. The molecule has 4 atom stereocenters. The number of amides is 1. The Hall–Kier alpha value is -4.66. The van der Waals surface area contributed by atoms with Gasteiger partial charge in [-0.1, -0.05) is 72.8 Å². The monoisotopic (exact) mass is 701 g/mol.